The van der Waals surface area contributed by atoms with E-state index in [1.165, 1.54) is 7.11 Å². The summed E-state index contributed by atoms with van der Waals surface area (Å²) in [5, 5.41) is 1.71. The second-order valence-corrected chi connectivity index (χ2v) is 3.09. The Labute approximate surface area is 73.2 Å². The Hall–Kier alpha value is -1.10. The maximum absolute atomic E-state index is 10.7. The van der Waals surface area contributed by atoms with E-state index in [1.807, 2.05) is 0 Å². The number of aryl methyl sites for hydroxylation is 1. The molecule has 0 aliphatic heterocycles. The molecular formula is C7H9NO3S. The number of methoxy groups -OCH3 is 1. The summed E-state index contributed by atoms with van der Waals surface area (Å²) >= 11 is 1.10. The third kappa shape index (κ3) is 2.50. The first-order valence-corrected chi connectivity index (χ1v) is 4.34. The van der Waals surface area contributed by atoms with Crippen molar-refractivity contribution < 1.29 is 9.53 Å². The first kappa shape index (κ1) is 8.99. The van der Waals surface area contributed by atoms with E-state index in [-0.39, 0.29) is 10.8 Å². The molecule has 12 heavy (non-hydrogen) atoms. The normalized spacial score (nSPS) is 9.75. The van der Waals surface area contributed by atoms with E-state index in [1.54, 1.807) is 5.38 Å². The molecule has 0 radical (unpaired) electrons. The third-order valence-corrected chi connectivity index (χ3v) is 2.12. The summed E-state index contributed by atoms with van der Waals surface area (Å²) in [5.41, 5.74) is 0.787. The fourth-order valence-corrected chi connectivity index (χ4v) is 1.39. The van der Waals surface area contributed by atoms with Gasteiger partial charge in [-0.05, 0) is 6.42 Å². The minimum absolute atomic E-state index is 0.0881. The SMILES string of the molecule is COC(=O)CCc1csc(=O)[nH]1. The van der Waals surface area contributed by atoms with E-state index in [0.717, 1.165) is 17.0 Å². The molecule has 0 aliphatic carbocycles. The minimum Gasteiger partial charge on any atom is -0.469 e. The fourth-order valence-electron chi connectivity index (χ4n) is 0.775. The summed E-state index contributed by atoms with van der Waals surface area (Å²) in [6.07, 6.45) is 0.842. The van der Waals surface area contributed by atoms with Gasteiger partial charge in [-0.1, -0.05) is 11.3 Å². The molecule has 1 aromatic rings. The van der Waals surface area contributed by atoms with Gasteiger partial charge in [0.2, 0.25) is 0 Å². The zero-order chi connectivity index (χ0) is 8.97. The number of esters is 1. The van der Waals surface area contributed by atoms with Crippen molar-refractivity contribution in [2.24, 2.45) is 0 Å². The molecule has 0 unspecified atom stereocenters. The molecular weight excluding hydrogens is 178 g/mol. The highest BCUT2D eigenvalue weighted by molar-refractivity contribution is 7.07. The van der Waals surface area contributed by atoms with Gasteiger partial charge in [-0.2, -0.15) is 0 Å². The van der Waals surface area contributed by atoms with Crippen LogP contribution in [0.15, 0.2) is 10.2 Å². The van der Waals surface area contributed by atoms with Gasteiger partial charge in [0.15, 0.2) is 0 Å². The molecule has 66 valence electrons. The zero-order valence-electron chi connectivity index (χ0n) is 6.62. The smallest absolute Gasteiger partial charge is 0.305 e. The number of carbonyl (C=O) groups excluding carboxylic acids is 1. The van der Waals surface area contributed by atoms with Gasteiger partial charge in [0.1, 0.15) is 0 Å². The van der Waals surface area contributed by atoms with Crippen LogP contribution in [0.2, 0.25) is 0 Å². The Balaban J connectivity index is 2.43. The molecule has 0 atom stereocenters. The summed E-state index contributed by atoms with van der Waals surface area (Å²) in [4.78, 5) is 23.9. The number of nitrogens with one attached hydrogen (secondary N) is 1. The largest absolute Gasteiger partial charge is 0.469 e. The first-order chi connectivity index (χ1) is 5.72. The molecule has 1 heterocycles. The Morgan fingerprint density at radius 3 is 3.00 bits per heavy atom. The molecule has 0 spiro atoms. The van der Waals surface area contributed by atoms with Crippen molar-refractivity contribution in [3.8, 4) is 0 Å². The molecule has 0 saturated heterocycles. The number of aromatic amines is 1. The van der Waals surface area contributed by atoms with Crippen molar-refractivity contribution in [1.29, 1.82) is 0 Å². The highest BCUT2D eigenvalue weighted by Gasteiger charge is 2.02. The maximum atomic E-state index is 10.7. The van der Waals surface area contributed by atoms with E-state index in [2.05, 4.69) is 9.72 Å². The van der Waals surface area contributed by atoms with Gasteiger partial charge in [0.05, 0.1) is 13.5 Å². The van der Waals surface area contributed by atoms with Gasteiger partial charge in [0, 0.05) is 11.1 Å². The lowest BCUT2D eigenvalue weighted by atomic mass is 10.2. The maximum Gasteiger partial charge on any atom is 0.305 e. The monoisotopic (exact) mass is 187 g/mol. The zero-order valence-corrected chi connectivity index (χ0v) is 7.44. The van der Waals surface area contributed by atoms with Gasteiger partial charge in [0.25, 0.3) is 0 Å². The van der Waals surface area contributed by atoms with Crippen LogP contribution in [0, 0.1) is 0 Å². The molecule has 0 aromatic carbocycles. The average Bonchev–Trinajstić information content (AvgIpc) is 2.47. The van der Waals surface area contributed by atoms with E-state index < -0.39 is 0 Å². The van der Waals surface area contributed by atoms with Crippen LogP contribution in [0.1, 0.15) is 12.1 Å². The van der Waals surface area contributed by atoms with E-state index in [4.69, 9.17) is 0 Å². The van der Waals surface area contributed by atoms with Gasteiger partial charge >= 0.3 is 10.8 Å². The average molecular weight is 187 g/mol. The van der Waals surface area contributed by atoms with Crippen LogP contribution in [0.5, 0.6) is 0 Å². The molecule has 1 N–H and O–H groups in total. The summed E-state index contributed by atoms with van der Waals surface area (Å²) in [7, 11) is 1.35. The van der Waals surface area contributed by atoms with Crippen LogP contribution in [0.4, 0.5) is 0 Å². The predicted molar refractivity (Wildman–Crippen MR) is 45.3 cm³/mol. The van der Waals surface area contributed by atoms with Crippen molar-refractivity contribution in [3.63, 3.8) is 0 Å². The number of hydrogen-bond donors (Lipinski definition) is 1. The van der Waals surface area contributed by atoms with Crippen molar-refractivity contribution >= 4 is 17.3 Å². The molecule has 0 bridgehead atoms. The number of rotatable bonds is 3. The van der Waals surface area contributed by atoms with E-state index in [0.29, 0.717) is 12.8 Å². The lowest BCUT2D eigenvalue weighted by Crippen LogP contribution is -2.03. The van der Waals surface area contributed by atoms with Crippen molar-refractivity contribution in [2.45, 2.75) is 12.8 Å². The third-order valence-electron chi connectivity index (χ3n) is 1.40. The summed E-state index contributed by atoms with van der Waals surface area (Å²) < 4.78 is 4.45. The van der Waals surface area contributed by atoms with Gasteiger partial charge in [-0.25, -0.2) is 0 Å². The van der Waals surface area contributed by atoms with Crippen LogP contribution >= 0.6 is 11.3 Å². The van der Waals surface area contributed by atoms with Gasteiger partial charge in [-0.3, -0.25) is 9.59 Å². The number of H-pyrrole nitrogens is 1. The van der Waals surface area contributed by atoms with Crippen molar-refractivity contribution in [3.05, 3.63) is 20.7 Å². The number of ether oxygens (including phenoxy) is 1. The summed E-state index contributed by atoms with van der Waals surface area (Å²) in [6.45, 7) is 0. The molecule has 0 fully saturated rings. The second-order valence-electron chi connectivity index (χ2n) is 2.25. The lowest BCUT2D eigenvalue weighted by molar-refractivity contribution is -0.140. The Morgan fingerprint density at radius 2 is 2.50 bits per heavy atom. The number of aromatic nitrogens is 1. The highest BCUT2D eigenvalue weighted by Crippen LogP contribution is 2.00. The molecule has 5 heteroatoms. The van der Waals surface area contributed by atoms with Crippen LogP contribution in [-0.2, 0) is 16.0 Å². The second kappa shape index (κ2) is 4.06. The van der Waals surface area contributed by atoms with Crippen LogP contribution < -0.4 is 4.87 Å². The summed E-state index contributed by atoms with van der Waals surface area (Å²) in [6, 6.07) is 0. The lowest BCUT2D eigenvalue weighted by Gasteiger charge is -1.95. The Bertz CT molecular complexity index is 314. The highest BCUT2D eigenvalue weighted by atomic mass is 32.1. The molecule has 4 nitrogen and oxygen atoms in total. The topological polar surface area (TPSA) is 59.2 Å². The number of hydrogen-bond acceptors (Lipinski definition) is 4. The van der Waals surface area contributed by atoms with E-state index >= 15 is 0 Å². The van der Waals surface area contributed by atoms with Gasteiger partial charge < -0.3 is 9.72 Å². The van der Waals surface area contributed by atoms with Gasteiger partial charge in [-0.15, -0.1) is 0 Å². The predicted octanol–water partition coefficient (Wildman–Crippen LogP) is 0.542. The minimum atomic E-state index is -0.262. The van der Waals surface area contributed by atoms with Crippen molar-refractivity contribution in [1.82, 2.24) is 4.98 Å². The van der Waals surface area contributed by atoms with Crippen molar-refractivity contribution in [2.75, 3.05) is 7.11 Å². The quantitative estimate of drug-likeness (QED) is 0.703. The van der Waals surface area contributed by atoms with E-state index in [9.17, 15) is 9.59 Å². The first-order valence-electron chi connectivity index (χ1n) is 3.46. The number of thiazole rings is 1. The fraction of sp³-hybridized carbons (Fsp3) is 0.429. The molecule has 0 aliphatic rings. The molecule has 0 saturated carbocycles. The molecule has 0 amide bonds. The molecule has 1 rings (SSSR count). The van der Waals surface area contributed by atoms with Crippen LogP contribution in [-0.4, -0.2) is 18.1 Å². The Morgan fingerprint density at radius 1 is 1.75 bits per heavy atom. The number of carbonyl (C=O) groups is 1. The Kier molecular flexibility index (Phi) is 3.04. The van der Waals surface area contributed by atoms with Crippen LogP contribution in [0.25, 0.3) is 0 Å². The molecule has 1 aromatic heterocycles. The summed E-state index contributed by atoms with van der Waals surface area (Å²) in [5.74, 6) is -0.262. The van der Waals surface area contributed by atoms with Crippen LogP contribution in [0.3, 0.4) is 0 Å². The standard InChI is InChI=1S/C7H9NO3S/c1-11-6(9)3-2-5-4-12-7(10)8-5/h4H,2-3H2,1H3,(H,8,10).